The zero-order chi connectivity index (χ0) is 13.9. The normalized spacial score (nSPS) is 24.2. The fourth-order valence-corrected chi connectivity index (χ4v) is 2.92. The molecule has 1 aromatic heterocycles. The number of rotatable bonds is 3. The Balaban J connectivity index is 1.59. The number of hydrogen-bond donors (Lipinski definition) is 0. The van der Waals surface area contributed by atoms with E-state index in [2.05, 4.69) is 10.1 Å². The standard InChI is InChI=1S/C14H21N3O3/c1-2-12(18)17-6-3-10(4-7-17)14-15-13(16-20-14)11-5-8-19-9-11/h10-11H,2-9H2,1H3/t11-/m1/s1. The molecule has 1 atom stereocenters. The number of carbonyl (C=O) groups excluding carboxylic acids is 1. The van der Waals surface area contributed by atoms with E-state index < -0.39 is 0 Å². The minimum Gasteiger partial charge on any atom is -0.381 e. The maximum atomic E-state index is 11.6. The van der Waals surface area contributed by atoms with E-state index in [0.717, 1.165) is 50.7 Å². The van der Waals surface area contributed by atoms with Crippen LogP contribution in [0.25, 0.3) is 0 Å². The molecule has 0 spiro atoms. The number of aromatic nitrogens is 2. The topological polar surface area (TPSA) is 68.5 Å². The Hall–Kier alpha value is -1.43. The lowest BCUT2D eigenvalue weighted by atomic mass is 9.96. The highest BCUT2D eigenvalue weighted by atomic mass is 16.5. The predicted octanol–water partition coefficient (Wildman–Crippen LogP) is 1.69. The zero-order valence-electron chi connectivity index (χ0n) is 11.9. The molecule has 20 heavy (non-hydrogen) atoms. The van der Waals surface area contributed by atoms with Crippen LogP contribution < -0.4 is 0 Å². The molecule has 6 nitrogen and oxygen atoms in total. The van der Waals surface area contributed by atoms with E-state index in [-0.39, 0.29) is 11.8 Å². The third-order valence-corrected chi connectivity index (χ3v) is 4.25. The third kappa shape index (κ3) is 2.70. The van der Waals surface area contributed by atoms with Crippen LogP contribution >= 0.6 is 0 Å². The Morgan fingerprint density at radius 2 is 2.10 bits per heavy atom. The van der Waals surface area contributed by atoms with Crippen LogP contribution in [-0.4, -0.2) is 47.3 Å². The van der Waals surface area contributed by atoms with Crippen LogP contribution in [-0.2, 0) is 9.53 Å². The van der Waals surface area contributed by atoms with Gasteiger partial charge in [0.05, 0.1) is 6.61 Å². The highest BCUT2D eigenvalue weighted by Crippen LogP contribution is 2.29. The number of nitrogens with zero attached hydrogens (tertiary/aromatic N) is 3. The molecule has 2 aliphatic heterocycles. The second-order valence-corrected chi connectivity index (χ2v) is 5.56. The van der Waals surface area contributed by atoms with Gasteiger partial charge in [0.1, 0.15) is 0 Å². The summed E-state index contributed by atoms with van der Waals surface area (Å²) in [6, 6.07) is 0. The van der Waals surface area contributed by atoms with Crippen molar-refractivity contribution in [2.24, 2.45) is 0 Å². The van der Waals surface area contributed by atoms with Crippen molar-refractivity contribution >= 4 is 5.91 Å². The molecule has 0 N–H and O–H groups in total. The predicted molar refractivity (Wildman–Crippen MR) is 71.3 cm³/mol. The van der Waals surface area contributed by atoms with Crippen LogP contribution in [0.5, 0.6) is 0 Å². The first-order chi connectivity index (χ1) is 9.78. The Bertz CT molecular complexity index is 460. The lowest BCUT2D eigenvalue weighted by Crippen LogP contribution is -2.37. The number of piperidine rings is 1. The van der Waals surface area contributed by atoms with Gasteiger partial charge in [-0.1, -0.05) is 12.1 Å². The summed E-state index contributed by atoms with van der Waals surface area (Å²) in [4.78, 5) is 18.1. The second-order valence-electron chi connectivity index (χ2n) is 5.56. The lowest BCUT2D eigenvalue weighted by molar-refractivity contribution is -0.131. The molecule has 6 heteroatoms. The molecule has 1 amide bonds. The van der Waals surface area contributed by atoms with E-state index in [4.69, 9.17) is 9.26 Å². The number of ether oxygens (including phenoxy) is 1. The number of carbonyl (C=O) groups is 1. The summed E-state index contributed by atoms with van der Waals surface area (Å²) >= 11 is 0. The monoisotopic (exact) mass is 279 g/mol. The Kier molecular flexibility index (Phi) is 4.00. The molecule has 2 aliphatic rings. The van der Waals surface area contributed by atoms with E-state index in [1.54, 1.807) is 0 Å². The Labute approximate surface area is 118 Å². The molecule has 0 saturated carbocycles. The van der Waals surface area contributed by atoms with Crippen molar-refractivity contribution in [3.8, 4) is 0 Å². The first-order valence-corrected chi connectivity index (χ1v) is 7.47. The molecule has 2 saturated heterocycles. The van der Waals surface area contributed by atoms with Gasteiger partial charge in [-0.3, -0.25) is 4.79 Å². The molecule has 2 fully saturated rings. The lowest BCUT2D eigenvalue weighted by Gasteiger charge is -2.30. The van der Waals surface area contributed by atoms with Gasteiger partial charge in [0.15, 0.2) is 5.82 Å². The average molecular weight is 279 g/mol. The van der Waals surface area contributed by atoms with Gasteiger partial charge in [-0.15, -0.1) is 0 Å². The Morgan fingerprint density at radius 3 is 2.75 bits per heavy atom. The third-order valence-electron chi connectivity index (χ3n) is 4.25. The highest BCUT2D eigenvalue weighted by molar-refractivity contribution is 5.75. The number of hydrogen-bond acceptors (Lipinski definition) is 5. The van der Waals surface area contributed by atoms with Crippen LogP contribution in [0.4, 0.5) is 0 Å². The minimum absolute atomic E-state index is 0.234. The van der Waals surface area contributed by atoms with Gasteiger partial charge in [0, 0.05) is 38.0 Å². The number of amides is 1. The van der Waals surface area contributed by atoms with Gasteiger partial charge in [-0.2, -0.15) is 4.98 Å². The summed E-state index contributed by atoms with van der Waals surface area (Å²) in [5.41, 5.74) is 0. The Morgan fingerprint density at radius 1 is 1.30 bits per heavy atom. The average Bonchev–Trinajstić information content (AvgIpc) is 3.17. The van der Waals surface area contributed by atoms with Gasteiger partial charge in [-0.25, -0.2) is 0 Å². The van der Waals surface area contributed by atoms with Crippen LogP contribution in [0.2, 0.25) is 0 Å². The summed E-state index contributed by atoms with van der Waals surface area (Å²) in [5, 5.41) is 4.10. The summed E-state index contributed by atoms with van der Waals surface area (Å²) in [7, 11) is 0. The van der Waals surface area contributed by atoms with Crippen molar-refractivity contribution in [2.75, 3.05) is 26.3 Å². The van der Waals surface area contributed by atoms with Crippen molar-refractivity contribution < 1.29 is 14.1 Å². The quantitative estimate of drug-likeness (QED) is 0.842. The van der Waals surface area contributed by atoms with Gasteiger partial charge in [0.25, 0.3) is 0 Å². The van der Waals surface area contributed by atoms with E-state index >= 15 is 0 Å². The largest absolute Gasteiger partial charge is 0.381 e. The highest BCUT2D eigenvalue weighted by Gasteiger charge is 2.29. The van der Waals surface area contributed by atoms with Crippen molar-refractivity contribution in [2.45, 2.75) is 44.4 Å². The molecular weight excluding hydrogens is 258 g/mol. The first-order valence-electron chi connectivity index (χ1n) is 7.47. The molecule has 110 valence electrons. The van der Waals surface area contributed by atoms with Gasteiger partial charge >= 0.3 is 0 Å². The molecule has 1 aromatic rings. The summed E-state index contributed by atoms with van der Waals surface area (Å²) in [6.45, 7) is 4.97. The fraction of sp³-hybridized carbons (Fsp3) is 0.786. The maximum absolute atomic E-state index is 11.6. The van der Waals surface area contributed by atoms with Gasteiger partial charge in [-0.05, 0) is 19.3 Å². The number of likely N-dealkylation sites (tertiary alicyclic amines) is 1. The van der Waals surface area contributed by atoms with Crippen LogP contribution in [0.1, 0.15) is 56.2 Å². The SMILES string of the molecule is CCC(=O)N1CCC(c2nc([C@@H]3CCOC3)no2)CC1. The maximum Gasteiger partial charge on any atom is 0.229 e. The summed E-state index contributed by atoms with van der Waals surface area (Å²) in [5.74, 6) is 2.33. The smallest absolute Gasteiger partial charge is 0.229 e. The molecular formula is C14H21N3O3. The fourth-order valence-electron chi connectivity index (χ4n) is 2.92. The van der Waals surface area contributed by atoms with E-state index in [0.29, 0.717) is 18.9 Å². The molecule has 0 bridgehead atoms. The molecule has 0 aromatic carbocycles. The van der Waals surface area contributed by atoms with E-state index in [9.17, 15) is 4.79 Å². The second kappa shape index (κ2) is 5.91. The van der Waals surface area contributed by atoms with Crippen LogP contribution in [0.15, 0.2) is 4.52 Å². The minimum atomic E-state index is 0.234. The van der Waals surface area contributed by atoms with Crippen molar-refractivity contribution in [3.63, 3.8) is 0 Å². The van der Waals surface area contributed by atoms with Crippen molar-refractivity contribution in [3.05, 3.63) is 11.7 Å². The van der Waals surface area contributed by atoms with Crippen LogP contribution in [0, 0.1) is 0 Å². The molecule has 0 radical (unpaired) electrons. The van der Waals surface area contributed by atoms with Crippen LogP contribution in [0.3, 0.4) is 0 Å². The molecule has 3 heterocycles. The van der Waals surface area contributed by atoms with Gasteiger partial charge in [0.2, 0.25) is 11.8 Å². The summed E-state index contributed by atoms with van der Waals surface area (Å²) in [6.07, 6.45) is 3.38. The molecule has 0 aliphatic carbocycles. The summed E-state index contributed by atoms with van der Waals surface area (Å²) < 4.78 is 10.8. The first kappa shape index (κ1) is 13.5. The van der Waals surface area contributed by atoms with Crippen molar-refractivity contribution in [1.82, 2.24) is 15.0 Å². The van der Waals surface area contributed by atoms with E-state index in [1.807, 2.05) is 11.8 Å². The van der Waals surface area contributed by atoms with E-state index in [1.165, 1.54) is 0 Å². The molecule has 3 rings (SSSR count). The zero-order valence-corrected chi connectivity index (χ0v) is 11.9. The van der Waals surface area contributed by atoms with Gasteiger partial charge < -0.3 is 14.2 Å². The van der Waals surface area contributed by atoms with Crippen molar-refractivity contribution in [1.29, 1.82) is 0 Å². The molecule has 0 unspecified atom stereocenters.